The molecule has 0 bridgehead atoms. The molecule has 0 aliphatic carbocycles. The summed E-state index contributed by atoms with van der Waals surface area (Å²) in [5.41, 5.74) is 2.42. The van der Waals surface area contributed by atoms with Gasteiger partial charge in [-0.2, -0.15) is 0 Å². The van der Waals surface area contributed by atoms with Gasteiger partial charge in [-0.3, -0.25) is 0 Å². The van der Waals surface area contributed by atoms with Gasteiger partial charge >= 0.3 is 0 Å². The molecular weight excluding hydrogens is 292 g/mol. The number of nitrogens with zero attached hydrogens (tertiary/aromatic N) is 2. The van der Waals surface area contributed by atoms with Crippen LogP contribution in [0, 0.1) is 6.92 Å². The van der Waals surface area contributed by atoms with E-state index in [1.165, 1.54) is 11.3 Å². The van der Waals surface area contributed by atoms with Gasteiger partial charge in [0, 0.05) is 29.3 Å². The lowest BCUT2D eigenvalue weighted by Gasteiger charge is -2.45. The van der Waals surface area contributed by atoms with E-state index in [2.05, 4.69) is 64.8 Å². The van der Waals surface area contributed by atoms with E-state index in [0.717, 1.165) is 17.6 Å². The van der Waals surface area contributed by atoms with Crippen molar-refractivity contribution in [1.29, 1.82) is 0 Å². The highest BCUT2D eigenvalue weighted by molar-refractivity contribution is 9.10. The Morgan fingerprint density at radius 2 is 2.11 bits per heavy atom. The molecule has 2 unspecified atom stereocenters. The number of aryl methyl sites for hydroxylation is 1. The van der Waals surface area contributed by atoms with E-state index in [-0.39, 0.29) is 12.6 Å². The number of aliphatic hydroxyl groups excluding tert-OH is 1. The first-order valence-electron chi connectivity index (χ1n) is 6.37. The average molecular weight is 313 g/mol. The van der Waals surface area contributed by atoms with Gasteiger partial charge in [0.1, 0.15) is 0 Å². The topological polar surface area (TPSA) is 26.7 Å². The van der Waals surface area contributed by atoms with Crippen LogP contribution in [-0.2, 0) is 0 Å². The van der Waals surface area contributed by atoms with Gasteiger partial charge in [0.15, 0.2) is 0 Å². The predicted molar refractivity (Wildman–Crippen MR) is 79.2 cm³/mol. The van der Waals surface area contributed by atoms with Gasteiger partial charge in [-0.25, -0.2) is 0 Å². The van der Waals surface area contributed by atoms with Crippen molar-refractivity contribution in [1.82, 2.24) is 4.90 Å². The molecule has 1 aliphatic heterocycles. The molecule has 0 radical (unpaired) electrons. The molecule has 1 fully saturated rings. The quantitative estimate of drug-likeness (QED) is 0.907. The minimum Gasteiger partial charge on any atom is -0.394 e. The monoisotopic (exact) mass is 312 g/mol. The van der Waals surface area contributed by atoms with Crippen LogP contribution < -0.4 is 4.90 Å². The molecule has 0 aromatic heterocycles. The summed E-state index contributed by atoms with van der Waals surface area (Å²) in [5.74, 6) is 0. The predicted octanol–water partition coefficient (Wildman–Crippen LogP) is 2.26. The van der Waals surface area contributed by atoms with Crippen LogP contribution in [-0.4, -0.2) is 48.8 Å². The molecule has 3 nitrogen and oxygen atoms in total. The van der Waals surface area contributed by atoms with Crippen molar-refractivity contribution in [3.63, 3.8) is 0 Å². The number of likely N-dealkylation sites (N-methyl/N-ethyl adjacent to an activating group) is 1. The molecule has 18 heavy (non-hydrogen) atoms. The van der Waals surface area contributed by atoms with Crippen molar-refractivity contribution in [3.05, 3.63) is 28.2 Å². The highest BCUT2D eigenvalue weighted by Gasteiger charge is 2.30. The van der Waals surface area contributed by atoms with Crippen molar-refractivity contribution in [2.45, 2.75) is 25.9 Å². The smallest absolute Gasteiger partial charge is 0.0651 e. The Morgan fingerprint density at radius 1 is 1.39 bits per heavy atom. The number of anilines is 1. The first-order valence-corrected chi connectivity index (χ1v) is 7.16. The van der Waals surface area contributed by atoms with E-state index in [1.807, 2.05) is 0 Å². The van der Waals surface area contributed by atoms with Gasteiger partial charge in [0.2, 0.25) is 0 Å². The van der Waals surface area contributed by atoms with Gasteiger partial charge in [0.05, 0.1) is 12.6 Å². The van der Waals surface area contributed by atoms with Crippen LogP contribution in [0.15, 0.2) is 22.7 Å². The number of benzene rings is 1. The van der Waals surface area contributed by atoms with E-state index in [9.17, 15) is 5.11 Å². The maximum atomic E-state index is 9.60. The Balaban J connectivity index is 2.31. The SMILES string of the molecule is Cc1ccc(N2C(C)CN(C)CC2CO)cc1Br. The summed E-state index contributed by atoms with van der Waals surface area (Å²) >= 11 is 3.59. The largest absolute Gasteiger partial charge is 0.394 e. The lowest BCUT2D eigenvalue weighted by atomic mass is 10.1. The van der Waals surface area contributed by atoms with E-state index >= 15 is 0 Å². The van der Waals surface area contributed by atoms with E-state index < -0.39 is 0 Å². The normalized spacial score (nSPS) is 25.5. The van der Waals surface area contributed by atoms with Crippen LogP contribution in [0.1, 0.15) is 12.5 Å². The molecule has 1 aromatic carbocycles. The zero-order valence-electron chi connectivity index (χ0n) is 11.2. The molecule has 2 atom stereocenters. The van der Waals surface area contributed by atoms with Crippen molar-refractivity contribution >= 4 is 21.6 Å². The van der Waals surface area contributed by atoms with Gasteiger partial charge in [-0.05, 0) is 38.6 Å². The Labute approximate surface area is 118 Å². The standard InChI is InChI=1S/C14H21BrN2O/c1-10-4-5-12(6-14(10)15)17-11(2)7-16(3)8-13(17)9-18/h4-6,11,13,18H,7-9H2,1-3H3. The van der Waals surface area contributed by atoms with Gasteiger partial charge < -0.3 is 14.9 Å². The fourth-order valence-electron chi connectivity index (χ4n) is 2.77. The van der Waals surface area contributed by atoms with E-state index in [0.29, 0.717) is 6.04 Å². The highest BCUT2D eigenvalue weighted by Crippen LogP contribution is 2.28. The lowest BCUT2D eigenvalue weighted by Crippen LogP contribution is -2.58. The molecule has 0 amide bonds. The summed E-state index contributed by atoms with van der Waals surface area (Å²) in [4.78, 5) is 4.62. The zero-order valence-corrected chi connectivity index (χ0v) is 12.8. The summed E-state index contributed by atoms with van der Waals surface area (Å²) < 4.78 is 1.13. The molecular formula is C14H21BrN2O. The molecule has 0 spiro atoms. The molecule has 4 heteroatoms. The van der Waals surface area contributed by atoms with E-state index in [4.69, 9.17) is 0 Å². The second-order valence-electron chi connectivity index (χ2n) is 5.25. The Hall–Kier alpha value is -0.580. The maximum Gasteiger partial charge on any atom is 0.0651 e. The number of halogens is 1. The Bertz CT molecular complexity index is 424. The first-order chi connectivity index (χ1) is 8.52. The number of piperazine rings is 1. The second-order valence-corrected chi connectivity index (χ2v) is 6.10. The van der Waals surface area contributed by atoms with Crippen LogP contribution in [0.2, 0.25) is 0 Å². The molecule has 100 valence electrons. The summed E-state index contributed by atoms with van der Waals surface area (Å²) in [6.45, 7) is 6.44. The molecule has 1 heterocycles. The van der Waals surface area contributed by atoms with Crippen LogP contribution in [0.5, 0.6) is 0 Å². The van der Waals surface area contributed by atoms with Gasteiger partial charge in [-0.15, -0.1) is 0 Å². The Kier molecular flexibility index (Phi) is 4.30. The molecule has 1 aromatic rings. The third-order valence-corrected chi connectivity index (χ3v) is 4.49. The van der Waals surface area contributed by atoms with Crippen LogP contribution in [0.4, 0.5) is 5.69 Å². The summed E-state index contributed by atoms with van der Waals surface area (Å²) in [6.07, 6.45) is 0. The van der Waals surface area contributed by atoms with Crippen LogP contribution in [0.3, 0.4) is 0 Å². The zero-order chi connectivity index (χ0) is 13.3. The molecule has 1 saturated heterocycles. The summed E-state index contributed by atoms with van der Waals surface area (Å²) in [6, 6.07) is 7.01. The van der Waals surface area contributed by atoms with Gasteiger partial charge in [-0.1, -0.05) is 22.0 Å². The third-order valence-electron chi connectivity index (χ3n) is 3.63. The molecule has 2 rings (SSSR count). The van der Waals surface area contributed by atoms with Crippen molar-refractivity contribution < 1.29 is 5.11 Å². The van der Waals surface area contributed by atoms with E-state index in [1.54, 1.807) is 0 Å². The lowest BCUT2D eigenvalue weighted by molar-refractivity contribution is 0.171. The van der Waals surface area contributed by atoms with Gasteiger partial charge in [0.25, 0.3) is 0 Å². The number of aliphatic hydroxyl groups is 1. The van der Waals surface area contributed by atoms with Crippen molar-refractivity contribution in [3.8, 4) is 0 Å². The number of hydrogen-bond acceptors (Lipinski definition) is 3. The summed E-state index contributed by atoms with van der Waals surface area (Å²) in [7, 11) is 2.11. The van der Waals surface area contributed by atoms with Crippen molar-refractivity contribution in [2.75, 3.05) is 31.6 Å². The van der Waals surface area contributed by atoms with Crippen molar-refractivity contribution in [2.24, 2.45) is 0 Å². The average Bonchev–Trinajstić information content (AvgIpc) is 2.32. The maximum absolute atomic E-state index is 9.60. The highest BCUT2D eigenvalue weighted by atomic mass is 79.9. The number of hydrogen-bond donors (Lipinski definition) is 1. The minimum atomic E-state index is 0.174. The minimum absolute atomic E-state index is 0.174. The fraction of sp³-hybridized carbons (Fsp3) is 0.571. The molecule has 1 aliphatic rings. The molecule has 1 N–H and O–H groups in total. The Morgan fingerprint density at radius 3 is 2.72 bits per heavy atom. The van der Waals surface area contributed by atoms with Crippen LogP contribution in [0.25, 0.3) is 0 Å². The third kappa shape index (κ3) is 2.71. The second kappa shape index (κ2) is 5.59. The molecule has 0 saturated carbocycles. The summed E-state index contributed by atoms with van der Waals surface area (Å²) in [5, 5.41) is 9.60. The fourth-order valence-corrected chi connectivity index (χ4v) is 3.14. The first kappa shape index (κ1) is 13.8. The number of rotatable bonds is 2. The van der Waals surface area contributed by atoms with Crippen LogP contribution >= 0.6 is 15.9 Å².